The first kappa shape index (κ1) is 14.5. The zero-order valence-corrected chi connectivity index (χ0v) is 11.6. The van der Waals surface area contributed by atoms with Gasteiger partial charge >= 0.3 is 0 Å². The Morgan fingerprint density at radius 3 is 2.72 bits per heavy atom. The molecule has 1 amide bonds. The summed E-state index contributed by atoms with van der Waals surface area (Å²) in [5.41, 5.74) is 5.01. The van der Waals surface area contributed by atoms with Gasteiger partial charge in [0.1, 0.15) is 5.75 Å². The van der Waals surface area contributed by atoms with Gasteiger partial charge in [0.2, 0.25) is 5.91 Å². The molecular formula is C14H22N2O2. The van der Waals surface area contributed by atoms with E-state index in [2.05, 4.69) is 11.5 Å². The van der Waals surface area contributed by atoms with Crippen LogP contribution in [0.15, 0.2) is 18.2 Å². The minimum absolute atomic E-state index is 0.0181. The fourth-order valence-corrected chi connectivity index (χ4v) is 1.58. The van der Waals surface area contributed by atoms with Gasteiger partial charge < -0.3 is 4.74 Å². The topological polar surface area (TPSA) is 41.6 Å². The number of hydrazine groups is 1. The Morgan fingerprint density at radius 1 is 1.33 bits per heavy atom. The summed E-state index contributed by atoms with van der Waals surface area (Å²) in [6.45, 7) is 4.62. The van der Waals surface area contributed by atoms with Gasteiger partial charge in [0.05, 0.1) is 6.61 Å². The summed E-state index contributed by atoms with van der Waals surface area (Å²) in [4.78, 5) is 11.4. The van der Waals surface area contributed by atoms with Crippen LogP contribution in [0.2, 0.25) is 0 Å². The molecule has 0 aliphatic rings. The van der Waals surface area contributed by atoms with Gasteiger partial charge in [-0.1, -0.05) is 12.1 Å². The zero-order chi connectivity index (χ0) is 13.5. The molecule has 0 heterocycles. The highest BCUT2D eigenvalue weighted by Crippen LogP contribution is 2.19. The number of amides is 1. The van der Waals surface area contributed by atoms with E-state index in [1.807, 2.05) is 26.0 Å². The summed E-state index contributed by atoms with van der Waals surface area (Å²) >= 11 is 0. The predicted octanol–water partition coefficient (Wildman–Crippen LogP) is 2.06. The van der Waals surface area contributed by atoms with Crippen molar-refractivity contribution in [2.24, 2.45) is 0 Å². The van der Waals surface area contributed by atoms with Gasteiger partial charge in [-0.25, -0.2) is 5.01 Å². The molecule has 1 N–H and O–H groups in total. The van der Waals surface area contributed by atoms with E-state index in [0.717, 1.165) is 11.3 Å². The number of rotatable bonds is 6. The number of benzene rings is 1. The highest BCUT2D eigenvalue weighted by molar-refractivity contribution is 5.75. The van der Waals surface area contributed by atoms with E-state index in [1.165, 1.54) is 5.56 Å². The number of nitrogens with zero attached hydrogens (tertiary/aromatic N) is 1. The molecule has 0 aliphatic carbocycles. The number of carbonyl (C=O) groups excluding carboxylic acids is 1. The summed E-state index contributed by atoms with van der Waals surface area (Å²) in [7, 11) is 3.59. The molecule has 4 nitrogen and oxygen atoms in total. The third-order valence-electron chi connectivity index (χ3n) is 2.50. The maximum atomic E-state index is 11.4. The predicted molar refractivity (Wildman–Crippen MR) is 72.5 cm³/mol. The lowest BCUT2D eigenvalue weighted by molar-refractivity contribution is -0.125. The van der Waals surface area contributed by atoms with E-state index < -0.39 is 0 Å². The highest BCUT2D eigenvalue weighted by atomic mass is 16.5. The number of carbonyl (C=O) groups is 1. The molecule has 100 valence electrons. The van der Waals surface area contributed by atoms with Crippen LogP contribution < -0.4 is 10.2 Å². The minimum Gasteiger partial charge on any atom is -0.493 e. The number of nitrogens with one attached hydrogen (secondary N) is 1. The lowest BCUT2D eigenvalue weighted by Gasteiger charge is -2.12. The molecule has 0 saturated heterocycles. The van der Waals surface area contributed by atoms with Crippen LogP contribution in [-0.2, 0) is 4.79 Å². The van der Waals surface area contributed by atoms with Crippen molar-refractivity contribution in [3.05, 3.63) is 29.3 Å². The molecule has 0 atom stereocenters. The first-order valence-electron chi connectivity index (χ1n) is 6.16. The Hall–Kier alpha value is -1.55. The average molecular weight is 250 g/mol. The van der Waals surface area contributed by atoms with Gasteiger partial charge in [-0.05, 0) is 37.5 Å². The molecule has 18 heavy (non-hydrogen) atoms. The van der Waals surface area contributed by atoms with Crippen LogP contribution in [0.4, 0.5) is 0 Å². The van der Waals surface area contributed by atoms with Crippen LogP contribution in [0.25, 0.3) is 0 Å². The SMILES string of the molecule is Cc1ccc(C)c(OCCCC(=O)NN(C)C)c1. The van der Waals surface area contributed by atoms with E-state index in [0.29, 0.717) is 19.4 Å². The van der Waals surface area contributed by atoms with Gasteiger partial charge in [-0.2, -0.15) is 0 Å². The molecule has 0 aromatic heterocycles. The van der Waals surface area contributed by atoms with Crippen LogP contribution in [0.1, 0.15) is 24.0 Å². The Kier molecular flexibility index (Phi) is 5.65. The van der Waals surface area contributed by atoms with Gasteiger partial charge in [0.25, 0.3) is 0 Å². The van der Waals surface area contributed by atoms with Crippen molar-refractivity contribution < 1.29 is 9.53 Å². The first-order valence-corrected chi connectivity index (χ1v) is 6.16. The number of hydrogen-bond donors (Lipinski definition) is 1. The molecular weight excluding hydrogens is 228 g/mol. The van der Waals surface area contributed by atoms with Gasteiger partial charge in [-0.3, -0.25) is 10.2 Å². The second-order valence-corrected chi connectivity index (χ2v) is 4.65. The largest absolute Gasteiger partial charge is 0.493 e. The van der Waals surface area contributed by atoms with E-state index in [-0.39, 0.29) is 5.91 Å². The summed E-state index contributed by atoms with van der Waals surface area (Å²) in [5, 5.41) is 1.65. The Morgan fingerprint density at radius 2 is 2.06 bits per heavy atom. The van der Waals surface area contributed by atoms with Crippen molar-refractivity contribution in [2.75, 3.05) is 20.7 Å². The van der Waals surface area contributed by atoms with Crippen molar-refractivity contribution in [1.82, 2.24) is 10.4 Å². The standard InChI is InChI=1S/C14H22N2O2/c1-11-7-8-12(2)13(10-11)18-9-5-6-14(17)15-16(3)4/h7-8,10H,5-6,9H2,1-4H3,(H,15,17). The fourth-order valence-electron chi connectivity index (χ4n) is 1.58. The summed E-state index contributed by atoms with van der Waals surface area (Å²) in [6.07, 6.45) is 1.19. The molecule has 4 heteroatoms. The van der Waals surface area contributed by atoms with Gasteiger partial charge in [0, 0.05) is 20.5 Å². The van der Waals surface area contributed by atoms with Gasteiger partial charge in [-0.15, -0.1) is 0 Å². The van der Waals surface area contributed by atoms with Crippen molar-refractivity contribution in [2.45, 2.75) is 26.7 Å². The maximum Gasteiger partial charge on any atom is 0.234 e. The third kappa shape index (κ3) is 5.19. The average Bonchev–Trinajstić information content (AvgIpc) is 2.28. The Bertz CT molecular complexity index is 403. The van der Waals surface area contributed by atoms with Crippen molar-refractivity contribution in [3.8, 4) is 5.75 Å². The molecule has 1 aromatic rings. The Balaban J connectivity index is 2.29. The lowest BCUT2D eigenvalue weighted by Crippen LogP contribution is -2.36. The number of hydrogen-bond acceptors (Lipinski definition) is 3. The third-order valence-corrected chi connectivity index (χ3v) is 2.50. The monoisotopic (exact) mass is 250 g/mol. The molecule has 0 spiro atoms. The number of ether oxygens (including phenoxy) is 1. The minimum atomic E-state index is 0.0181. The molecule has 1 rings (SSSR count). The normalized spacial score (nSPS) is 10.5. The molecule has 0 bridgehead atoms. The quantitative estimate of drug-likeness (QED) is 0.620. The van der Waals surface area contributed by atoms with Crippen LogP contribution in [0, 0.1) is 13.8 Å². The molecule has 0 saturated carbocycles. The second kappa shape index (κ2) is 7.01. The Labute approximate surface area is 109 Å². The fraction of sp³-hybridized carbons (Fsp3) is 0.500. The van der Waals surface area contributed by atoms with Crippen molar-refractivity contribution >= 4 is 5.91 Å². The van der Waals surface area contributed by atoms with Crippen LogP contribution in [0.5, 0.6) is 5.75 Å². The van der Waals surface area contributed by atoms with Crippen LogP contribution >= 0.6 is 0 Å². The molecule has 0 fully saturated rings. The first-order chi connectivity index (χ1) is 8.49. The highest BCUT2D eigenvalue weighted by Gasteiger charge is 2.03. The number of aryl methyl sites for hydroxylation is 2. The van der Waals surface area contributed by atoms with Crippen molar-refractivity contribution in [3.63, 3.8) is 0 Å². The second-order valence-electron chi connectivity index (χ2n) is 4.65. The van der Waals surface area contributed by atoms with E-state index in [1.54, 1.807) is 19.1 Å². The zero-order valence-electron chi connectivity index (χ0n) is 11.6. The summed E-state index contributed by atoms with van der Waals surface area (Å²) in [6, 6.07) is 6.13. The van der Waals surface area contributed by atoms with E-state index in [9.17, 15) is 4.79 Å². The van der Waals surface area contributed by atoms with Gasteiger partial charge in [0.15, 0.2) is 0 Å². The molecule has 0 aliphatic heterocycles. The van der Waals surface area contributed by atoms with Crippen molar-refractivity contribution in [1.29, 1.82) is 0 Å². The van der Waals surface area contributed by atoms with E-state index >= 15 is 0 Å². The molecule has 0 radical (unpaired) electrons. The van der Waals surface area contributed by atoms with Crippen LogP contribution in [-0.4, -0.2) is 31.6 Å². The van der Waals surface area contributed by atoms with Crippen LogP contribution in [0.3, 0.4) is 0 Å². The maximum absolute atomic E-state index is 11.4. The lowest BCUT2D eigenvalue weighted by atomic mass is 10.1. The summed E-state index contributed by atoms with van der Waals surface area (Å²) in [5.74, 6) is 0.924. The van der Waals surface area contributed by atoms with E-state index in [4.69, 9.17) is 4.74 Å². The molecule has 0 unspecified atom stereocenters. The summed E-state index contributed by atoms with van der Waals surface area (Å²) < 4.78 is 5.68. The smallest absolute Gasteiger partial charge is 0.234 e. The molecule has 1 aromatic carbocycles.